The number of rotatable bonds is 25. The van der Waals surface area contributed by atoms with Gasteiger partial charge >= 0.3 is 0 Å². The van der Waals surface area contributed by atoms with Crippen LogP contribution in [0.1, 0.15) is 135 Å². The first kappa shape index (κ1) is 31.6. The van der Waals surface area contributed by atoms with Crippen LogP contribution in [-0.2, 0) is 9.59 Å². The topological polar surface area (TPSA) is 80.3 Å². The maximum absolute atomic E-state index is 12.1. The molecule has 4 nitrogen and oxygen atoms in total. The third kappa shape index (κ3) is 18.1. The third-order valence-electron chi connectivity index (χ3n) is 6.60. The van der Waals surface area contributed by atoms with Crippen molar-refractivity contribution in [3.63, 3.8) is 0 Å². The molecule has 0 radical (unpaired) electrons. The van der Waals surface area contributed by atoms with Gasteiger partial charge < -0.3 is 19.8 Å². The monoisotopic (exact) mass is 488 g/mol. The lowest BCUT2D eigenvalue weighted by Crippen LogP contribution is -2.42. The number of unbranched alkanes of at least 4 members (excludes halogenated alkanes) is 14. The van der Waals surface area contributed by atoms with Gasteiger partial charge in [0.05, 0.1) is 0 Å². The van der Waals surface area contributed by atoms with Crippen molar-refractivity contribution < 1.29 is 19.8 Å². The number of carbonyl (C=O) groups excluding carboxylic acids is 2. The third-order valence-corrected chi connectivity index (χ3v) is 7.23. The second kappa shape index (κ2) is 22.4. The molecule has 0 aliphatic rings. The Hall–Kier alpha value is -0.360. The van der Waals surface area contributed by atoms with Crippen molar-refractivity contribution in [3.05, 3.63) is 0 Å². The van der Waals surface area contributed by atoms with Crippen LogP contribution >= 0.6 is 25.3 Å². The first-order valence-electron chi connectivity index (χ1n) is 13.1. The summed E-state index contributed by atoms with van der Waals surface area (Å²) in [5, 5.41) is 23.0. The Morgan fingerprint density at radius 3 is 1.12 bits per heavy atom. The fourth-order valence-electron chi connectivity index (χ4n) is 4.52. The summed E-state index contributed by atoms with van der Waals surface area (Å²) in [6.07, 6.45) is 20.2. The Labute approximate surface area is 208 Å². The second-order valence-electron chi connectivity index (χ2n) is 9.40. The number of hydrogen-bond donors (Lipinski definition) is 2. The SMILES string of the molecule is O=C([O-])CCCC(CCCCCCCCCCS)(CCCCCCCCCCS)C(=O)[O-]. The molecule has 0 rings (SSSR count). The average Bonchev–Trinajstić information content (AvgIpc) is 2.76. The molecule has 0 fully saturated rings. The Balaban J connectivity index is 4.34. The van der Waals surface area contributed by atoms with Crippen LogP contribution in [0.3, 0.4) is 0 Å². The molecule has 0 N–H and O–H groups in total. The van der Waals surface area contributed by atoms with Crippen LogP contribution < -0.4 is 10.2 Å². The van der Waals surface area contributed by atoms with Crippen LogP contribution in [-0.4, -0.2) is 23.4 Å². The van der Waals surface area contributed by atoms with E-state index in [2.05, 4.69) is 25.3 Å². The molecule has 6 heteroatoms. The zero-order valence-electron chi connectivity index (χ0n) is 20.3. The highest BCUT2D eigenvalue weighted by atomic mass is 32.1. The lowest BCUT2D eigenvalue weighted by atomic mass is 9.74. The van der Waals surface area contributed by atoms with E-state index in [1.807, 2.05) is 0 Å². The van der Waals surface area contributed by atoms with Crippen LogP contribution in [0.15, 0.2) is 0 Å². The van der Waals surface area contributed by atoms with Gasteiger partial charge in [-0.3, -0.25) is 0 Å². The molecule has 0 aliphatic heterocycles. The van der Waals surface area contributed by atoms with Crippen molar-refractivity contribution in [3.8, 4) is 0 Å². The highest BCUT2D eigenvalue weighted by Crippen LogP contribution is 2.37. The molecule has 190 valence electrons. The van der Waals surface area contributed by atoms with Gasteiger partial charge in [0.25, 0.3) is 0 Å². The van der Waals surface area contributed by atoms with Gasteiger partial charge in [-0.2, -0.15) is 25.3 Å². The van der Waals surface area contributed by atoms with Crippen molar-refractivity contribution in [2.45, 2.75) is 135 Å². The first-order valence-corrected chi connectivity index (χ1v) is 14.4. The minimum atomic E-state index is -1.10. The van der Waals surface area contributed by atoms with Gasteiger partial charge in [-0.15, -0.1) is 0 Å². The van der Waals surface area contributed by atoms with Gasteiger partial charge in [0, 0.05) is 17.4 Å². The number of thiol groups is 2. The van der Waals surface area contributed by atoms with Crippen LogP contribution in [0.4, 0.5) is 0 Å². The molecule has 0 saturated heterocycles. The van der Waals surface area contributed by atoms with E-state index in [-0.39, 0.29) is 6.42 Å². The minimum absolute atomic E-state index is 0.0758. The molecule has 0 aliphatic carbocycles. The van der Waals surface area contributed by atoms with E-state index in [0.717, 1.165) is 50.0 Å². The van der Waals surface area contributed by atoms with E-state index >= 15 is 0 Å². The molecule has 0 aromatic rings. The summed E-state index contributed by atoms with van der Waals surface area (Å²) in [4.78, 5) is 23.0. The zero-order chi connectivity index (χ0) is 23.9. The summed E-state index contributed by atoms with van der Waals surface area (Å²) in [6.45, 7) is 0. The molecule has 0 aromatic heterocycles. The molecular formula is C26H48O4S2-2. The number of hydrogen-bond acceptors (Lipinski definition) is 6. The summed E-state index contributed by atoms with van der Waals surface area (Å²) in [6, 6.07) is 0. The minimum Gasteiger partial charge on any atom is -0.550 e. The lowest BCUT2D eigenvalue weighted by molar-refractivity contribution is -0.321. The Bertz CT molecular complexity index is 435. The fraction of sp³-hybridized carbons (Fsp3) is 0.923. The van der Waals surface area contributed by atoms with E-state index in [0.29, 0.717) is 25.7 Å². The maximum Gasteiger partial charge on any atom is 0.0476 e. The van der Waals surface area contributed by atoms with Crippen LogP contribution in [0, 0.1) is 5.41 Å². The standard InChI is InChI=1S/C26H50O4S2/c27-24(28)18-17-21-26(25(29)30,19-13-9-5-1-3-7-11-15-22-31)20-14-10-6-2-4-8-12-16-23-32/h31-32H,1-23H2,(H,27,28)(H,29,30)/p-2. The largest absolute Gasteiger partial charge is 0.550 e. The van der Waals surface area contributed by atoms with E-state index in [1.165, 1.54) is 64.2 Å². The second-order valence-corrected chi connectivity index (χ2v) is 10.3. The van der Waals surface area contributed by atoms with Crippen molar-refractivity contribution in [1.29, 1.82) is 0 Å². The molecule has 0 saturated carbocycles. The summed E-state index contributed by atoms with van der Waals surface area (Å²) >= 11 is 8.47. The highest BCUT2D eigenvalue weighted by molar-refractivity contribution is 7.80. The zero-order valence-corrected chi connectivity index (χ0v) is 22.1. The van der Waals surface area contributed by atoms with Crippen molar-refractivity contribution in [2.75, 3.05) is 11.5 Å². The molecule has 0 heterocycles. The molecule has 0 aromatic carbocycles. The van der Waals surface area contributed by atoms with E-state index in [1.54, 1.807) is 0 Å². The molecule has 32 heavy (non-hydrogen) atoms. The molecule has 0 amide bonds. The molecular weight excluding hydrogens is 440 g/mol. The van der Waals surface area contributed by atoms with Crippen molar-refractivity contribution in [1.82, 2.24) is 0 Å². The highest BCUT2D eigenvalue weighted by Gasteiger charge is 2.30. The van der Waals surface area contributed by atoms with Gasteiger partial charge in [-0.1, -0.05) is 89.9 Å². The maximum atomic E-state index is 12.1. The number of carboxylic acids is 2. The Morgan fingerprint density at radius 1 is 0.500 bits per heavy atom. The fourth-order valence-corrected chi connectivity index (χ4v) is 4.97. The summed E-state index contributed by atoms with van der Waals surface area (Å²) in [5.41, 5.74) is -0.880. The Kier molecular flexibility index (Phi) is 22.2. The molecule has 0 bridgehead atoms. The average molecular weight is 489 g/mol. The summed E-state index contributed by atoms with van der Waals surface area (Å²) in [7, 11) is 0. The van der Waals surface area contributed by atoms with Crippen LogP contribution in [0.5, 0.6) is 0 Å². The number of carboxylic acid groups (broad SMARTS) is 2. The normalized spacial score (nSPS) is 11.7. The summed E-state index contributed by atoms with van der Waals surface area (Å²) in [5.74, 6) is -0.179. The number of carbonyl (C=O) groups is 2. The number of aliphatic carboxylic acids is 2. The van der Waals surface area contributed by atoms with Crippen molar-refractivity contribution in [2.24, 2.45) is 5.41 Å². The van der Waals surface area contributed by atoms with Gasteiger partial charge in [-0.05, 0) is 56.5 Å². The molecule has 0 atom stereocenters. The van der Waals surface area contributed by atoms with E-state index < -0.39 is 17.4 Å². The van der Waals surface area contributed by atoms with Gasteiger partial charge in [-0.25, -0.2) is 0 Å². The van der Waals surface area contributed by atoms with Crippen LogP contribution in [0.2, 0.25) is 0 Å². The predicted molar refractivity (Wildman–Crippen MR) is 137 cm³/mol. The molecule has 0 unspecified atom stereocenters. The molecule has 0 spiro atoms. The van der Waals surface area contributed by atoms with E-state index in [4.69, 9.17) is 0 Å². The Morgan fingerprint density at radius 2 is 0.812 bits per heavy atom. The smallest absolute Gasteiger partial charge is 0.0476 e. The van der Waals surface area contributed by atoms with E-state index in [9.17, 15) is 19.8 Å². The van der Waals surface area contributed by atoms with Gasteiger partial charge in [0.15, 0.2) is 0 Å². The quantitative estimate of drug-likeness (QED) is 0.131. The van der Waals surface area contributed by atoms with Gasteiger partial charge in [0.2, 0.25) is 0 Å². The van der Waals surface area contributed by atoms with Crippen molar-refractivity contribution >= 4 is 37.2 Å². The summed E-state index contributed by atoms with van der Waals surface area (Å²) < 4.78 is 0. The van der Waals surface area contributed by atoms with Gasteiger partial charge in [0.1, 0.15) is 0 Å². The van der Waals surface area contributed by atoms with Crippen LogP contribution in [0.25, 0.3) is 0 Å². The first-order chi connectivity index (χ1) is 15.5. The predicted octanol–water partition coefficient (Wildman–Crippen LogP) is 5.52. The lowest BCUT2D eigenvalue weighted by Gasteiger charge is -2.35.